The average Bonchev–Trinajstić information content (AvgIpc) is 2.74. The van der Waals surface area contributed by atoms with Gasteiger partial charge in [-0.2, -0.15) is 0 Å². The van der Waals surface area contributed by atoms with Crippen LogP contribution in [0.15, 0.2) is 12.1 Å². The Bertz CT molecular complexity index is 652. The van der Waals surface area contributed by atoms with E-state index in [1.807, 2.05) is 0 Å². The van der Waals surface area contributed by atoms with E-state index in [1.165, 1.54) is 7.11 Å². The van der Waals surface area contributed by atoms with E-state index < -0.39 is 17.6 Å². The number of aromatic nitrogens is 1. The number of nitrogens with zero attached hydrogens (tertiary/aromatic N) is 1. The van der Waals surface area contributed by atoms with Crippen LogP contribution in [0, 0.1) is 18.6 Å². The van der Waals surface area contributed by atoms with E-state index in [4.69, 9.17) is 11.6 Å². The van der Waals surface area contributed by atoms with Gasteiger partial charge in [-0.25, -0.2) is 18.6 Å². The van der Waals surface area contributed by atoms with Gasteiger partial charge in [0, 0.05) is 6.07 Å². The van der Waals surface area contributed by atoms with Crippen molar-refractivity contribution < 1.29 is 18.3 Å². The maximum absolute atomic E-state index is 13.6. The number of carbonyl (C=O) groups is 1. The Morgan fingerprint density at radius 3 is 2.75 bits per heavy atom. The number of benzene rings is 1. The Morgan fingerprint density at radius 1 is 1.45 bits per heavy atom. The van der Waals surface area contributed by atoms with E-state index >= 15 is 0 Å². The molecule has 2 aromatic rings. The molecular formula is C12H9ClF2N2O2S. The second-order valence-electron chi connectivity index (χ2n) is 3.79. The third-order valence-electron chi connectivity index (χ3n) is 2.41. The second kappa shape index (κ2) is 5.72. The number of halogens is 3. The molecule has 0 spiro atoms. The molecule has 0 saturated carbocycles. The van der Waals surface area contributed by atoms with Gasteiger partial charge in [0.2, 0.25) is 0 Å². The first-order valence-corrected chi connectivity index (χ1v) is 6.59. The van der Waals surface area contributed by atoms with E-state index in [9.17, 15) is 13.6 Å². The fourth-order valence-electron chi connectivity index (χ4n) is 1.50. The molecule has 1 aromatic heterocycles. The summed E-state index contributed by atoms with van der Waals surface area (Å²) in [6.45, 7) is 1.62. The maximum Gasteiger partial charge on any atom is 0.350 e. The minimum absolute atomic E-state index is 0.0989. The topological polar surface area (TPSA) is 51.2 Å². The Morgan fingerprint density at radius 2 is 2.15 bits per heavy atom. The molecule has 0 aliphatic rings. The third-order valence-corrected chi connectivity index (χ3v) is 3.76. The summed E-state index contributed by atoms with van der Waals surface area (Å²) < 4.78 is 31.2. The van der Waals surface area contributed by atoms with Gasteiger partial charge in [-0.1, -0.05) is 22.9 Å². The number of esters is 1. The number of nitrogens with one attached hydrogen (secondary N) is 1. The molecule has 1 heterocycles. The number of ether oxygens (including phenoxy) is 1. The lowest BCUT2D eigenvalue weighted by molar-refractivity contribution is 0.0605. The van der Waals surface area contributed by atoms with E-state index in [0.717, 1.165) is 17.4 Å². The molecule has 8 heteroatoms. The number of hydrogen-bond acceptors (Lipinski definition) is 5. The molecule has 0 fully saturated rings. The molecule has 0 amide bonds. The SMILES string of the molecule is COC(=O)c1sc(Nc2c(F)cc(F)cc2Cl)nc1C. The molecule has 0 atom stereocenters. The Labute approximate surface area is 122 Å². The molecule has 0 bridgehead atoms. The third kappa shape index (κ3) is 2.88. The summed E-state index contributed by atoms with van der Waals surface area (Å²) in [4.78, 5) is 15.8. The lowest BCUT2D eigenvalue weighted by Crippen LogP contribution is -1.99. The highest BCUT2D eigenvalue weighted by atomic mass is 35.5. The predicted octanol–water partition coefficient (Wildman–Crippen LogP) is 3.91. The van der Waals surface area contributed by atoms with Crippen LogP contribution >= 0.6 is 22.9 Å². The van der Waals surface area contributed by atoms with Crippen LogP contribution in [-0.2, 0) is 4.74 Å². The Hall–Kier alpha value is -1.73. The highest BCUT2D eigenvalue weighted by Crippen LogP contribution is 2.32. The average molecular weight is 319 g/mol. The van der Waals surface area contributed by atoms with Crippen LogP contribution in [0.1, 0.15) is 15.4 Å². The molecule has 106 valence electrons. The number of rotatable bonds is 3. The maximum atomic E-state index is 13.6. The highest BCUT2D eigenvalue weighted by molar-refractivity contribution is 7.17. The standard InChI is InChI=1S/C12H9ClF2N2O2S/c1-5-10(11(18)19-2)20-12(16-5)17-9-7(13)3-6(14)4-8(9)15/h3-4H,1-2H3,(H,16,17). The Balaban J connectivity index is 2.34. The van der Waals surface area contributed by atoms with Gasteiger partial charge in [0.25, 0.3) is 0 Å². The van der Waals surface area contributed by atoms with Gasteiger partial charge in [-0.15, -0.1) is 0 Å². The van der Waals surface area contributed by atoms with Crippen molar-refractivity contribution in [3.05, 3.63) is 39.4 Å². The van der Waals surface area contributed by atoms with Crippen molar-refractivity contribution in [1.29, 1.82) is 0 Å². The van der Waals surface area contributed by atoms with Gasteiger partial charge in [-0.3, -0.25) is 0 Å². The summed E-state index contributed by atoms with van der Waals surface area (Å²) in [6, 6.07) is 1.69. The molecule has 0 unspecified atom stereocenters. The first kappa shape index (κ1) is 14.7. The van der Waals surface area contributed by atoms with E-state index in [2.05, 4.69) is 15.0 Å². The Kier molecular flexibility index (Phi) is 4.20. The minimum Gasteiger partial charge on any atom is -0.465 e. The summed E-state index contributed by atoms with van der Waals surface area (Å²) in [5, 5.41) is 2.78. The van der Waals surface area contributed by atoms with E-state index in [0.29, 0.717) is 16.6 Å². The number of hydrogen-bond donors (Lipinski definition) is 1. The van der Waals surface area contributed by atoms with Crippen LogP contribution in [-0.4, -0.2) is 18.1 Å². The lowest BCUT2D eigenvalue weighted by atomic mass is 10.3. The second-order valence-corrected chi connectivity index (χ2v) is 5.20. The molecule has 0 aliphatic heterocycles. The molecule has 20 heavy (non-hydrogen) atoms. The summed E-state index contributed by atoms with van der Waals surface area (Å²) in [5.74, 6) is -2.15. The molecule has 4 nitrogen and oxygen atoms in total. The molecule has 2 rings (SSSR count). The highest BCUT2D eigenvalue weighted by Gasteiger charge is 2.17. The zero-order valence-electron chi connectivity index (χ0n) is 10.5. The lowest BCUT2D eigenvalue weighted by Gasteiger charge is -2.06. The van der Waals surface area contributed by atoms with Crippen molar-refractivity contribution in [2.45, 2.75) is 6.92 Å². The first-order valence-electron chi connectivity index (χ1n) is 5.39. The molecule has 1 aromatic carbocycles. The van der Waals surface area contributed by atoms with Gasteiger partial charge in [-0.05, 0) is 13.0 Å². The van der Waals surface area contributed by atoms with Crippen molar-refractivity contribution in [2.75, 3.05) is 12.4 Å². The zero-order chi connectivity index (χ0) is 14.9. The molecule has 1 N–H and O–H groups in total. The van der Waals surface area contributed by atoms with Crippen LogP contribution in [0.4, 0.5) is 19.6 Å². The molecular weight excluding hydrogens is 310 g/mol. The van der Waals surface area contributed by atoms with Gasteiger partial charge in [0.1, 0.15) is 10.7 Å². The number of carbonyl (C=O) groups excluding carboxylic acids is 1. The van der Waals surface area contributed by atoms with Crippen molar-refractivity contribution in [3.8, 4) is 0 Å². The van der Waals surface area contributed by atoms with Crippen LogP contribution in [0.25, 0.3) is 0 Å². The van der Waals surface area contributed by atoms with E-state index in [-0.39, 0.29) is 15.8 Å². The van der Waals surface area contributed by atoms with Gasteiger partial charge >= 0.3 is 5.97 Å². The molecule has 0 radical (unpaired) electrons. The minimum atomic E-state index is -0.845. The summed E-state index contributed by atoms with van der Waals surface area (Å²) >= 11 is 6.76. The monoisotopic (exact) mass is 318 g/mol. The number of methoxy groups -OCH3 is 1. The van der Waals surface area contributed by atoms with Crippen molar-refractivity contribution >= 4 is 39.7 Å². The number of aryl methyl sites for hydroxylation is 1. The smallest absolute Gasteiger partial charge is 0.350 e. The quantitative estimate of drug-likeness (QED) is 0.872. The van der Waals surface area contributed by atoms with E-state index in [1.54, 1.807) is 6.92 Å². The molecule has 0 aliphatic carbocycles. The fourth-order valence-corrected chi connectivity index (χ4v) is 2.63. The predicted molar refractivity (Wildman–Crippen MR) is 72.8 cm³/mol. The van der Waals surface area contributed by atoms with Gasteiger partial charge in [0.05, 0.1) is 23.5 Å². The largest absolute Gasteiger partial charge is 0.465 e. The van der Waals surface area contributed by atoms with Crippen LogP contribution < -0.4 is 5.32 Å². The molecule has 0 saturated heterocycles. The fraction of sp³-hybridized carbons (Fsp3) is 0.167. The summed E-state index contributed by atoms with van der Waals surface area (Å²) in [6.07, 6.45) is 0. The van der Waals surface area contributed by atoms with Crippen LogP contribution in [0.3, 0.4) is 0 Å². The van der Waals surface area contributed by atoms with Crippen molar-refractivity contribution in [3.63, 3.8) is 0 Å². The zero-order valence-corrected chi connectivity index (χ0v) is 12.0. The number of thiazole rings is 1. The van der Waals surface area contributed by atoms with Crippen LogP contribution in [0.5, 0.6) is 0 Å². The summed E-state index contributed by atoms with van der Waals surface area (Å²) in [5.41, 5.74) is 0.348. The van der Waals surface area contributed by atoms with Gasteiger partial charge in [0.15, 0.2) is 10.9 Å². The van der Waals surface area contributed by atoms with Crippen LogP contribution in [0.2, 0.25) is 5.02 Å². The first-order chi connectivity index (χ1) is 9.42. The summed E-state index contributed by atoms with van der Waals surface area (Å²) in [7, 11) is 1.26. The normalized spacial score (nSPS) is 10.4. The number of anilines is 2. The van der Waals surface area contributed by atoms with Gasteiger partial charge < -0.3 is 10.1 Å². The van der Waals surface area contributed by atoms with Crippen molar-refractivity contribution in [1.82, 2.24) is 4.98 Å². The van der Waals surface area contributed by atoms with Crippen molar-refractivity contribution in [2.24, 2.45) is 0 Å².